The summed E-state index contributed by atoms with van der Waals surface area (Å²) in [6, 6.07) is 5.84. The average molecular weight is 435 g/mol. The molecule has 8 heteroatoms. The Morgan fingerprint density at radius 2 is 2.19 bits per heavy atom. The number of benzene rings is 1. The summed E-state index contributed by atoms with van der Waals surface area (Å²) < 4.78 is 12.2. The van der Waals surface area contributed by atoms with E-state index < -0.39 is 0 Å². The molecule has 1 fully saturated rings. The van der Waals surface area contributed by atoms with Crippen LogP contribution in [0.5, 0.6) is 5.75 Å². The van der Waals surface area contributed by atoms with E-state index in [-0.39, 0.29) is 12.2 Å². The van der Waals surface area contributed by atoms with Crippen molar-refractivity contribution in [2.45, 2.75) is 19.1 Å². The minimum atomic E-state index is 0.00447. The molecule has 1 aliphatic heterocycles. The molecular weight excluding hydrogens is 416 g/mol. The van der Waals surface area contributed by atoms with Crippen molar-refractivity contribution in [3.63, 3.8) is 0 Å². The Labute approximate surface area is 164 Å². The number of hydrogen-bond acceptors (Lipinski definition) is 7. The smallest absolute Gasteiger partial charge is 0.228 e. The zero-order valence-electron chi connectivity index (χ0n) is 14.5. The average Bonchev–Trinajstić information content (AvgIpc) is 3.16. The van der Waals surface area contributed by atoms with Crippen LogP contribution in [-0.4, -0.2) is 36.3 Å². The number of rotatable bonds is 3. The van der Waals surface area contributed by atoms with Gasteiger partial charge in [-0.25, -0.2) is 4.98 Å². The number of anilines is 2. The molecule has 2 aromatic heterocycles. The van der Waals surface area contributed by atoms with E-state index in [0.717, 1.165) is 21.9 Å². The first-order valence-corrected chi connectivity index (χ1v) is 10.0. The van der Waals surface area contributed by atoms with Crippen molar-refractivity contribution in [3.8, 4) is 5.75 Å². The molecule has 0 radical (unpaired) electrons. The minimum absolute atomic E-state index is 0.00447. The van der Waals surface area contributed by atoms with Gasteiger partial charge in [-0.1, -0.05) is 0 Å². The molecule has 1 saturated heterocycles. The highest BCUT2D eigenvalue weighted by Crippen LogP contribution is 2.34. The van der Waals surface area contributed by atoms with Crippen molar-refractivity contribution in [1.29, 1.82) is 0 Å². The molecule has 1 aliphatic rings. The topological polar surface area (TPSA) is 73.5 Å². The molecule has 2 N–H and O–H groups in total. The number of hydrogen-bond donors (Lipinski definition) is 1. The summed E-state index contributed by atoms with van der Waals surface area (Å²) in [5, 5.41) is 4.96. The Hall–Kier alpha value is -1.90. The van der Waals surface area contributed by atoms with Crippen LogP contribution in [0.4, 0.5) is 11.8 Å². The molecule has 3 aromatic rings. The Balaban J connectivity index is 1.72. The van der Waals surface area contributed by atoms with Gasteiger partial charge >= 0.3 is 0 Å². The van der Waals surface area contributed by atoms with Crippen LogP contribution in [0.3, 0.4) is 0 Å². The number of ether oxygens (including phenoxy) is 2. The number of halogens is 1. The van der Waals surface area contributed by atoms with Gasteiger partial charge in [0.1, 0.15) is 17.7 Å². The van der Waals surface area contributed by atoms with E-state index >= 15 is 0 Å². The lowest BCUT2D eigenvalue weighted by atomic mass is 10.1. The van der Waals surface area contributed by atoms with Crippen LogP contribution in [0.2, 0.25) is 0 Å². The number of aromatic nitrogens is 2. The fraction of sp³-hybridized carbons (Fsp3) is 0.333. The first kappa shape index (κ1) is 17.5. The molecule has 2 unspecified atom stereocenters. The maximum absolute atomic E-state index is 6.24. The third-order valence-corrected chi connectivity index (χ3v) is 5.74. The zero-order valence-corrected chi connectivity index (χ0v) is 16.9. The first-order chi connectivity index (χ1) is 12.5. The lowest BCUT2D eigenvalue weighted by Crippen LogP contribution is -2.43. The van der Waals surface area contributed by atoms with Crippen molar-refractivity contribution in [3.05, 3.63) is 39.0 Å². The van der Waals surface area contributed by atoms with Crippen molar-refractivity contribution >= 4 is 49.9 Å². The van der Waals surface area contributed by atoms with Gasteiger partial charge in [0, 0.05) is 16.4 Å². The highest BCUT2D eigenvalue weighted by molar-refractivity contribution is 9.10. The maximum atomic E-state index is 6.24. The van der Waals surface area contributed by atoms with E-state index in [0.29, 0.717) is 24.1 Å². The summed E-state index contributed by atoms with van der Waals surface area (Å²) in [5.74, 6) is 1.78. The number of fused-ring (bicyclic) bond motifs is 1. The van der Waals surface area contributed by atoms with Crippen molar-refractivity contribution in [2.24, 2.45) is 0 Å². The van der Waals surface area contributed by atoms with Crippen molar-refractivity contribution in [2.75, 3.05) is 30.8 Å². The fourth-order valence-electron chi connectivity index (χ4n) is 3.19. The summed E-state index contributed by atoms with van der Waals surface area (Å²) in [5.41, 5.74) is 8.20. The molecule has 0 saturated carbocycles. The predicted octanol–water partition coefficient (Wildman–Crippen LogP) is 4.01. The summed E-state index contributed by atoms with van der Waals surface area (Å²) in [4.78, 5) is 11.5. The molecule has 0 bridgehead atoms. The fourth-order valence-corrected chi connectivity index (χ4v) is 4.42. The number of nitrogens with zero attached hydrogens (tertiary/aromatic N) is 3. The van der Waals surface area contributed by atoms with E-state index in [1.54, 1.807) is 18.4 Å². The minimum Gasteiger partial charge on any atom is -0.497 e. The third kappa shape index (κ3) is 3.24. The molecule has 0 aliphatic carbocycles. The largest absolute Gasteiger partial charge is 0.497 e. The van der Waals surface area contributed by atoms with Crippen LogP contribution in [0, 0.1) is 0 Å². The number of nitrogens with two attached hydrogens (primary N) is 1. The van der Waals surface area contributed by atoms with Gasteiger partial charge < -0.3 is 20.1 Å². The monoisotopic (exact) mass is 434 g/mol. The molecule has 2 atom stereocenters. The second-order valence-corrected chi connectivity index (χ2v) is 7.95. The molecule has 3 heterocycles. The van der Waals surface area contributed by atoms with E-state index in [4.69, 9.17) is 20.2 Å². The Kier molecular flexibility index (Phi) is 4.73. The normalized spacial score (nSPS) is 20.5. The highest BCUT2D eigenvalue weighted by Gasteiger charge is 2.29. The van der Waals surface area contributed by atoms with Crippen LogP contribution in [-0.2, 0) is 4.74 Å². The van der Waals surface area contributed by atoms with Crippen LogP contribution in [0.1, 0.15) is 18.6 Å². The molecule has 26 heavy (non-hydrogen) atoms. The molecule has 4 rings (SSSR count). The van der Waals surface area contributed by atoms with Gasteiger partial charge in [0.25, 0.3) is 0 Å². The quantitative estimate of drug-likeness (QED) is 0.670. The van der Waals surface area contributed by atoms with Gasteiger partial charge in [0.2, 0.25) is 5.95 Å². The standard InChI is InChI=1S/C18H19BrN4O2S/c1-10-7-23(8-15(25-10)11-3-4-26-9-11)18-21-16-13(17(20)22-18)5-12(24-2)6-14(16)19/h3-6,9-10,15H,7-8H2,1-2H3,(H2,20,21,22). The maximum Gasteiger partial charge on any atom is 0.228 e. The lowest BCUT2D eigenvalue weighted by molar-refractivity contribution is -0.0176. The summed E-state index contributed by atoms with van der Waals surface area (Å²) >= 11 is 5.24. The second-order valence-electron chi connectivity index (χ2n) is 6.31. The van der Waals surface area contributed by atoms with E-state index in [1.165, 1.54) is 5.56 Å². The number of morpholine rings is 1. The molecule has 6 nitrogen and oxygen atoms in total. The molecular formula is C18H19BrN4O2S. The highest BCUT2D eigenvalue weighted by atomic mass is 79.9. The van der Waals surface area contributed by atoms with Gasteiger partial charge in [0.05, 0.1) is 25.3 Å². The summed E-state index contributed by atoms with van der Waals surface area (Å²) in [7, 11) is 1.62. The lowest BCUT2D eigenvalue weighted by Gasteiger charge is -2.36. The molecule has 0 amide bonds. The number of methoxy groups -OCH3 is 1. The first-order valence-electron chi connectivity index (χ1n) is 8.28. The Morgan fingerprint density at radius 1 is 1.35 bits per heavy atom. The summed E-state index contributed by atoms with van der Waals surface area (Å²) in [6.45, 7) is 3.48. The second kappa shape index (κ2) is 7.02. The van der Waals surface area contributed by atoms with Crippen LogP contribution < -0.4 is 15.4 Å². The van der Waals surface area contributed by atoms with Gasteiger partial charge in [-0.05, 0) is 57.4 Å². The van der Waals surface area contributed by atoms with Gasteiger partial charge in [0.15, 0.2) is 0 Å². The molecule has 1 aromatic carbocycles. The number of thiophene rings is 1. The number of nitrogen functional groups attached to an aromatic ring is 1. The van der Waals surface area contributed by atoms with Crippen LogP contribution >= 0.6 is 27.3 Å². The third-order valence-electron chi connectivity index (χ3n) is 4.44. The predicted molar refractivity (Wildman–Crippen MR) is 108 cm³/mol. The van der Waals surface area contributed by atoms with E-state index in [2.05, 4.69) is 49.6 Å². The summed E-state index contributed by atoms with van der Waals surface area (Å²) in [6.07, 6.45) is 0.0818. The SMILES string of the molecule is COc1cc(Br)c2nc(N3CC(C)OC(c4ccsc4)C3)nc(N)c2c1. The van der Waals surface area contributed by atoms with Crippen molar-refractivity contribution in [1.82, 2.24) is 9.97 Å². The van der Waals surface area contributed by atoms with E-state index in [1.807, 2.05) is 12.1 Å². The van der Waals surface area contributed by atoms with E-state index in [9.17, 15) is 0 Å². The molecule has 136 valence electrons. The molecule has 0 spiro atoms. The van der Waals surface area contributed by atoms with Crippen LogP contribution in [0.15, 0.2) is 33.4 Å². The van der Waals surface area contributed by atoms with Crippen LogP contribution in [0.25, 0.3) is 10.9 Å². The van der Waals surface area contributed by atoms with Gasteiger partial charge in [-0.2, -0.15) is 16.3 Å². The van der Waals surface area contributed by atoms with Gasteiger partial charge in [-0.3, -0.25) is 0 Å². The van der Waals surface area contributed by atoms with Crippen molar-refractivity contribution < 1.29 is 9.47 Å². The Bertz CT molecular complexity index is 935. The Morgan fingerprint density at radius 3 is 2.92 bits per heavy atom. The van der Waals surface area contributed by atoms with Gasteiger partial charge in [-0.15, -0.1) is 0 Å². The zero-order chi connectivity index (χ0) is 18.3.